The first-order chi connectivity index (χ1) is 7.24. The molecule has 0 radical (unpaired) electrons. The van der Waals surface area contributed by atoms with Crippen molar-refractivity contribution in [3.63, 3.8) is 0 Å². The topological polar surface area (TPSA) is 64.3 Å². The van der Waals surface area contributed by atoms with Gasteiger partial charge in [-0.15, -0.1) is 0 Å². The molecule has 0 aliphatic carbocycles. The quantitative estimate of drug-likeness (QED) is 0.736. The van der Waals surface area contributed by atoms with Gasteiger partial charge in [0, 0.05) is 6.54 Å². The number of nitrogens with one attached hydrogen (secondary N) is 1. The molecule has 0 atom stereocenters. The van der Waals surface area contributed by atoms with Gasteiger partial charge < -0.3 is 15.8 Å². The van der Waals surface area contributed by atoms with Gasteiger partial charge in [0.05, 0.1) is 0 Å². The third-order valence-electron chi connectivity index (χ3n) is 1.95. The first-order valence-corrected chi connectivity index (χ1v) is 4.95. The summed E-state index contributed by atoms with van der Waals surface area (Å²) < 4.78 is 5.10. The maximum absolute atomic E-state index is 11.3. The number of aryl methyl sites for hydroxylation is 1. The van der Waals surface area contributed by atoms with Crippen LogP contribution in [0.2, 0.25) is 0 Å². The molecule has 0 bridgehead atoms. The molecule has 15 heavy (non-hydrogen) atoms. The molecule has 1 aromatic rings. The highest BCUT2D eigenvalue weighted by atomic mass is 16.6. The van der Waals surface area contributed by atoms with E-state index in [9.17, 15) is 4.79 Å². The van der Waals surface area contributed by atoms with E-state index in [1.165, 1.54) is 0 Å². The molecular weight excluding hydrogens is 192 g/mol. The van der Waals surface area contributed by atoms with Crippen molar-refractivity contribution < 1.29 is 9.53 Å². The number of para-hydroxylation sites is 1. The van der Waals surface area contributed by atoms with Crippen molar-refractivity contribution in [2.75, 3.05) is 13.1 Å². The van der Waals surface area contributed by atoms with E-state index in [2.05, 4.69) is 5.32 Å². The van der Waals surface area contributed by atoms with Gasteiger partial charge in [-0.2, -0.15) is 0 Å². The van der Waals surface area contributed by atoms with Crippen molar-refractivity contribution in [1.82, 2.24) is 5.32 Å². The SMILES string of the molecule is Cc1ccccc1OC(=O)NCCCN. The minimum absolute atomic E-state index is 0.433. The van der Waals surface area contributed by atoms with Gasteiger partial charge in [0.15, 0.2) is 0 Å². The van der Waals surface area contributed by atoms with Crippen molar-refractivity contribution in [2.24, 2.45) is 5.73 Å². The highest BCUT2D eigenvalue weighted by molar-refractivity contribution is 5.70. The molecule has 0 saturated heterocycles. The van der Waals surface area contributed by atoms with Crippen LogP contribution in [0.4, 0.5) is 4.79 Å². The Labute approximate surface area is 89.4 Å². The van der Waals surface area contributed by atoms with Crippen LogP contribution in [0.25, 0.3) is 0 Å². The molecular formula is C11H16N2O2. The van der Waals surface area contributed by atoms with Crippen molar-refractivity contribution in [2.45, 2.75) is 13.3 Å². The van der Waals surface area contributed by atoms with Crippen LogP contribution in [0.3, 0.4) is 0 Å². The Morgan fingerprint density at radius 3 is 2.87 bits per heavy atom. The maximum atomic E-state index is 11.3. The predicted octanol–water partition coefficient (Wildman–Crippen LogP) is 1.43. The van der Waals surface area contributed by atoms with Crippen molar-refractivity contribution in [3.8, 4) is 5.75 Å². The summed E-state index contributed by atoms with van der Waals surface area (Å²) in [7, 11) is 0. The number of amides is 1. The Balaban J connectivity index is 2.41. The van der Waals surface area contributed by atoms with Crippen molar-refractivity contribution in [1.29, 1.82) is 0 Å². The summed E-state index contributed by atoms with van der Waals surface area (Å²) in [4.78, 5) is 11.3. The van der Waals surface area contributed by atoms with Crippen LogP contribution in [0, 0.1) is 6.92 Å². The largest absolute Gasteiger partial charge is 0.412 e. The molecule has 4 heteroatoms. The molecule has 1 rings (SSSR count). The second-order valence-electron chi connectivity index (χ2n) is 3.22. The molecule has 0 aliphatic heterocycles. The number of ether oxygens (including phenoxy) is 1. The molecule has 0 fully saturated rings. The van der Waals surface area contributed by atoms with E-state index in [4.69, 9.17) is 10.5 Å². The van der Waals surface area contributed by atoms with Crippen molar-refractivity contribution in [3.05, 3.63) is 29.8 Å². The molecule has 0 heterocycles. The maximum Gasteiger partial charge on any atom is 0.412 e. The summed E-state index contributed by atoms with van der Waals surface area (Å²) in [5, 5.41) is 2.62. The summed E-state index contributed by atoms with van der Waals surface area (Å²) in [6.07, 6.45) is 0.320. The molecule has 0 spiro atoms. The zero-order chi connectivity index (χ0) is 11.1. The zero-order valence-corrected chi connectivity index (χ0v) is 8.82. The van der Waals surface area contributed by atoms with Gasteiger partial charge in [-0.05, 0) is 31.5 Å². The zero-order valence-electron chi connectivity index (χ0n) is 8.82. The van der Waals surface area contributed by atoms with E-state index in [1.807, 2.05) is 25.1 Å². The number of rotatable bonds is 4. The van der Waals surface area contributed by atoms with Crippen LogP contribution >= 0.6 is 0 Å². The van der Waals surface area contributed by atoms with E-state index in [0.29, 0.717) is 18.8 Å². The van der Waals surface area contributed by atoms with E-state index < -0.39 is 6.09 Å². The number of nitrogens with two attached hydrogens (primary N) is 1. The van der Waals surface area contributed by atoms with Gasteiger partial charge >= 0.3 is 6.09 Å². The van der Waals surface area contributed by atoms with E-state index in [1.54, 1.807) is 6.07 Å². The number of benzene rings is 1. The molecule has 82 valence electrons. The highest BCUT2D eigenvalue weighted by Crippen LogP contribution is 2.15. The number of carbonyl (C=O) groups excluding carboxylic acids is 1. The molecule has 3 N–H and O–H groups in total. The number of hydrogen-bond donors (Lipinski definition) is 2. The Kier molecular flexibility index (Phi) is 4.63. The molecule has 1 amide bonds. The van der Waals surface area contributed by atoms with E-state index >= 15 is 0 Å². The third kappa shape index (κ3) is 3.99. The average molecular weight is 208 g/mol. The molecule has 0 unspecified atom stereocenters. The summed E-state index contributed by atoms with van der Waals surface area (Å²) in [6, 6.07) is 7.38. The van der Waals surface area contributed by atoms with E-state index in [-0.39, 0.29) is 0 Å². The van der Waals surface area contributed by atoms with Gasteiger partial charge in [-0.3, -0.25) is 0 Å². The average Bonchev–Trinajstić information content (AvgIpc) is 2.22. The minimum atomic E-state index is -0.433. The fourth-order valence-corrected chi connectivity index (χ4v) is 1.10. The second kappa shape index (κ2) is 6.03. The molecule has 0 aromatic heterocycles. The Hall–Kier alpha value is -1.55. The Bertz CT molecular complexity index is 326. The lowest BCUT2D eigenvalue weighted by Crippen LogP contribution is -2.29. The monoisotopic (exact) mass is 208 g/mol. The summed E-state index contributed by atoms with van der Waals surface area (Å²) in [6.45, 7) is 2.99. The summed E-state index contributed by atoms with van der Waals surface area (Å²) in [5.74, 6) is 0.586. The van der Waals surface area contributed by atoms with Gasteiger partial charge in [0.25, 0.3) is 0 Å². The van der Waals surface area contributed by atoms with Gasteiger partial charge in [-0.1, -0.05) is 18.2 Å². The number of carbonyl (C=O) groups is 1. The fraction of sp³-hybridized carbons (Fsp3) is 0.364. The molecule has 4 nitrogen and oxygen atoms in total. The standard InChI is InChI=1S/C11H16N2O2/c1-9-5-2-3-6-10(9)15-11(14)13-8-4-7-12/h2-3,5-6H,4,7-8,12H2,1H3,(H,13,14). The smallest absolute Gasteiger partial charge is 0.410 e. The van der Waals surface area contributed by atoms with Gasteiger partial charge in [-0.25, -0.2) is 4.79 Å². The molecule has 0 saturated carbocycles. The van der Waals surface area contributed by atoms with Crippen LogP contribution in [0.5, 0.6) is 5.75 Å². The van der Waals surface area contributed by atoms with Crippen LogP contribution in [-0.4, -0.2) is 19.2 Å². The highest BCUT2D eigenvalue weighted by Gasteiger charge is 2.04. The minimum Gasteiger partial charge on any atom is -0.410 e. The summed E-state index contributed by atoms with van der Waals surface area (Å²) >= 11 is 0. The number of hydrogen-bond acceptors (Lipinski definition) is 3. The van der Waals surface area contributed by atoms with E-state index in [0.717, 1.165) is 12.0 Å². The van der Waals surface area contributed by atoms with Crippen LogP contribution in [-0.2, 0) is 0 Å². The van der Waals surface area contributed by atoms with Crippen molar-refractivity contribution >= 4 is 6.09 Å². The third-order valence-corrected chi connectivity index (χ3v) is 1.95. The Morgan fingerprint density at radius 1 is 1.47 bits per heavy atom. The molecule has 1 aromatic carbocycles. The lowest BCUT2D eigenvalue weighted by Gasteiger charge is -2.07. The Morgan fingerprint density at radius 2 is 2.20 bits per heavy atom. The first-order valence-electron chi connectivity index (χ1n) is 4.95. The fourth-order valence-electron chi connectivity index (χ4n) is 1.10. The first kappa shape index (κ1) is 11.5. The lowest BCUT2D eigenvalue weighted by atomic mass is 10.2. The predicted molar refractivity (Wildman–Crippen MR) is 58.9 cm³/mol. The normalized spacial score (nSPS) is 9.73. The van der Waals surface area contributed by atoms with Gasteiger partial charge in [0.2, 0.25) is 0 Å². The van der Waals surface area contributed by atoms with Crippen LogP contribution in [0.1, 0.15) is 12.0 Å². The van der Waals surface area contributed by atoms with Crippen LogP contribution < -0.4 is 15.8 Å². The second-order valence-corrected chi connectivity index (χ2v) is 3.22. The van der Waals surface area contributed by atoms with Gasteiger partial charge in [0.1, 0.15) is 5.75 Å². The molecule has 0 aliphatic rings. The lowest BCUT2D eigenvalue weighted by molar-refractivity contribution is 0.200. The summed E-state index contributed by atoms with van der Waals surface area (Å²) in [5.41, 5.74) is 6.24. The van der Waals surface area contributed by atoms with Crippen LogP contribution in [0.15, 0.2) is 24.3 Å².